The van der Waals surface area contributed by atoms with Crippen LogP contribution in [0.15, 0.2) is 116 Å². The number of carbonyl (C=O) groups excluding carboxylic acids is 1. The number of furan rings is 1. The van der Waals surface area contributed by atoms with Gasteiger partial charge in [0.15, 0.2) is 0 Å². The summed E-state index contributed by atoms with van der Waals surface area (Å²) in [4.78, 5) is 40.6. The van der Waals surface area contributed by atoms with E-state index >= 15 is 0 Å². The molecule has 0 spiro atoms. The molecule has 39 heavy (non-hydrogen) atoms. The Labute approximate surface area is 229 Å². The predicted molar refractivity (Wildman–Crippen MR) is 152 cm³/mol. The smallest absolute Gasteiger partial charge is 0.338 e. The van der Waals surface area contributed by atoms with Gasteiger partial charge in [-0.2, -0.15) is 4.57 Å². The molecule has 7 nitrogen and oxygen atoms in total. The molecule has 0 aliphatic carbocycles. The molecule has 0 unspecified atom stereocenters. The maximum absolute atomic E-state index is 13.5. The first-order chi connectivity index (χ1) is 19.0. The highest BCUT2D eigenvalue weighted by Crippen LogP contribution is 2.34. The zero-order chi connectivity index (χ0) is 27.4. The van der Waals surface area contributed by atoms with Crippen LogP contribution in [0, 0.1) is 6.92 Å². The summed E-state index contributed by atoms with van der Waals surface area (Å²) in [5.74, 6) is 1.36. The molecule has 196 valence electrons. The highest BCUT2D eigenvalue weighted by atomic mass is 32.2. The monoisotopic (exact) mass is 538 g/mol. The van der Waals surface area contributed by atoms with Crippen LogP contribution in [0.1, 0.15) is 27.0 Å². The van der Waals surface area contributed by atoms with E-state index in [2.05, 4.69) is 0 Å². The third-order valence-electron chi connectivity index (χ3n) is 6.35. The molecule has 5 aromatic rings. The summed E-state index contributed by atoms with van der Waals surface area (Å²) in [5, 5.41) is 0. The van der Waals surface area contributed by atoms with Gasteiger partial charge in [-0.15, -0.1) is 11.8 Å². The van der Waals surface area contributed by atoms with Crippen molar-refractivity contribution in [3.8, 4) is 17.1 Å². The number of hydrogen-bond donors (Lipinski definition) is 0. The molecule has 0 aliphatic heterocycles. The van der Waals surface area contributed by atoms with Crippen LogP contribution in [0.3, 0.4) is 0 Å². The van der Waals surface area contributed by atoms with E-state index in [-0.39, 0.29) is 17.7 Å². The summed E-state index contributed by atoms with van der Waals surface area (Å²) in [6.45, 7) is 1.73. The van der Waals surface area contributed by atoms with Crippen LogP contribution < -0.4 is 16.0 Å². The molecule has 8 heteroatoms. The Balaban J connectivity index is 1.55. The first-order valence-corrected chi connectivity index (χ1v) is 13.3. The van der Waals surface area contributed by atoms with Crippen molar-refractivity contribution >= 4 is 17.7 Å². The second-order valence-electron chi connectivity index (χ2n) is 8.93. The fourth-order valence-corrected chi connectivity index (χ4v) is 5.26. The topological polar surface area (TPSA) is 83.4 Å². The molecule has 5 rings (SSSR count). The van der Waals surface area contributed by atoms with Gasteiger partial charge >= 0.3 is 5.69 Å². The van der Waals surface area contributed by atoms with E-state index in [4.69, 9.17) is 9.15 Å². The summed E-state index contributed by atoms with van der Waals surface area (Å²) >= 11 is 1.65. The third kappa shape index (κ3) is 5.51. The molecular weight excluding hydrogens is 512 g/mol. The fourth-order valence-electron chi connectivity index (χ4n) is 4.29. The molecule has 0 saturated carbocycles. The Morgan fingerprint density at radius 3 is 2.26 bits per heavy atom. The molecule has 0 radical (unpaired) electrons. The van der Waals surface area contributed by atoms with E-state index in [1.165, 1.54) is 10.8 Å². The van der Waals surface area contributed by atoms with E-state index in [0.29, 0.717) is 16.1 Å². The van der Waals surface area contributed by atoms with Gasteiger partial charge in [-0.1, -0.05) is 36.4 Å². The van der Waals surface area contributed by atoms with Gasteiger partial charge in [-0.25, -0.2) is 4.79 Å². The summed E-state index contributed by atoms with van der Waals surface area (Å²) in [7, 11) is 1.61. The number of ether oxygens (including phenoxy) is 1. The molecule has 0 amide bonds. The number of aromatic nitrogens is 2. The molecule has 0 atom stereocenters. The molecule has 0 saturated heterocycles. The van der Waals surface area contributed by atoms with Crippen molar-refractivity contribution in [2.45, 2.75) is 24.1 Å². The number of benzene rings is 3. The minimum absolute atomic E-state index is 0.131. The third-order valence-corrected chi connectivity index (χ3v) is 7.39. The zero-order valence-corrected chi connectivity index (χ0v) is 22.3. The molecule has 2 heterocycles. The van der Waals surface area contributed by atoms with Crippen molar-refractivity contribution in [1.82, 2.24) is 9.13 Å². The Kier molecular flexibility index (Phi) is 7.65. The molecule has 3 aromatic carbocycles. The second kappa shape index (κ2) is 11.4. The minimum Gasteiger partial charge on any atom is -0.497 e. The number of hydrogen-bond acceptors (Lipinski definition) is 6. The number of rotatable bonds is 8. The number of thioether (sulfide) groups is 1. The van der Waals surface area contributed by atoms with Crippen LogP contribution in [-0.4, -0.2) is 22.2 Å². The van der Waals surface area contributed by atoms with Crippen LogP contribution in [0.2, 0.25) is 0 Å². The van der Waals surface area contributed by atoms with Gasteiger partial charge in [-0.05, 0) is 55.5 Å². The van der Waals surface area contributed by atoms with E-state index in [1.807, 2.05) is 54.6 Å². The van der Waals surface area contributed by atoms with Crippen molar-refractivity contribution in [3.05, 3.63) is 140 Å². The van der Waals surface area contributed by atoms with Crippen LogP contribution in [-0.2, 0) is 12.3 Å². The van der Waals surface area contributed by atoms with Crippen molar-refractivity contribution in [1.29, 1.82) is 0 Å². The van der Waals surface area contributed by atoms with Crippen molar-refractivity contribution in [2.24, 2.45) is 0 Å². The van der Waals surface area contributed by atoms with E-state index < -0.39 is 17.2 Å². The van der Waals surface area contributed by atoms with Gasteiger partial charge in [0.25, 0.3) is 11.5 Å². The zero-order valence-electron chi connectivity index (χ0n) is 21.5. The van der Waals surface area contributed by atoms with Crippen LogP contribution in [0.4, 0.5) is 0 Å². The first-order valence-electron chi connectivity index (χ1n) is 12.3. The highest BCUT2D eigenvalue weighted by molar-refractivity contribution is 7.98. The Bertz CT molecular complexity index is 1720. The highest BCUT2D eigenvalue weighted by Gasteiger charge is 2.21. The summed E-state index contributed by atoms with van der Waals surface area (Å²) in [6.07, 6.45) is 3.13. The largest absolute Gasteiger partial charge is 0.497 e. The SMILES string of the molecule is COc1ccc(-c2occ(Cn3cc(C)c(=O)n(C(=O)c4ccccc4)c3=O)c2CSc2ccccc2)cc1. The van der Waals surface area contributed by atoms with E-state index in [0.717, 1.165) is 27.3 Å². The minimum atomic E-state index is -0.701. The van der Waals surface area contributed by atoms with Crippen LogP contribution in [0.25, 0.3) is 11.3 Å². The van der Waals surface area contributed by atoms with E-state index in [1.54, 1.807) is 62.4 Å². The van der Waals surface area contributed by atoms with E-state index in [9.17, 15) is 14.4 Å². The number of carbonyl (C=O) groups is 1. The lowest BCUT2D eigenvalue weighted by molar-refractivity contribution is 0.0948. The van der Waals surface area contributed by atoms with Gasteiger partial charge in [0.1, 0.15) is 11.5 Å². The Morgan fingerprint density at radius 1 is 0.923 bits per heavy atom. The fraction of sp³-hybridized carbons (Fsp3) is 0.129. The normalized spacial score (nSPS) is 10.9. The average molecular weight is 539 g/mol. The quantitative estimate of drug-likeness (QED) is 0.239. The maximum atomic E-state index is 13.5. The lowest BCUT2D eigenvalue weighted by Gasteiger charge is -2.12. The standard InChI is InChI=1S/C31H26N2O5S/c1-21-17-32(31(36)33(29(21)34)30(35)23-9-5-3-6-10-23)18-24-19-38-28(22-13-15-25(37-2)16-14-22)27(24)20-39-26-11-7-4-8-12-26/h3-17,19H,18,20H2,1-2H3. The van der Waals surface area contributed by atoms with Crippen LogP contribution in [0.5, 0.6) is 5.75 Å². The van der Waals surface area contributed by atoms with Gasteiger partial charge < -0.3 is 9.15 Å². The van der Waals surface area contributed by atoms with Crippen molar-refractivity contribution in [2.75, 3.05) is 7.11 Å². The lowest BCUT2D eigenvalue weighted by Crippen LogP contribution is -2.44. The number of methoxy groups -OCH3 is 1. The number of aryl methyl sites for hydroxylation is 1. The maximum Gasteiger partial charge on any atom is 0.338 e. The van der Waals surface area contributed by atoms with Gasteiger partial charge in [0.05, 0.1) is 19.9 Å². The molecule has 0 aliphatic rings. The molecule has 0 N–H and O–H groups in total. The summed E-state index contributed by atoms with van der Waals surface area (Å²) in [6, 6.07) is 25.9. The molecule has 0 fully saturated rings. The Hall–Kier alpha value is -4.56. The number of nitrogens with zero attached hydrogens (tertiary/aromatic N) is 2. The molecule has 0 bridgehead atoms. The van der Waals surface area contributed by atoms with Gasteiger partial charge in [0.2, 0.25) is 0 Å². The summed E-state index contributed by atoms with van der Waals surface area (Å²) in [5.41, 5.74) is 1.80. The lowest BCUT2D eigenvalue weighted by atomic mass is 10.1. The second-order valence-corrected chi connectivity index (χ2v) is 9.98. The molecular formula is C31H26N2O5S. The van der Waals surface area contributed by atoms with Gasteiger partial charge in [-0.3, -0.25) is 14.2 Å². The molecule has 2 aromatic heterocycles. The first kappa shape index (κ1) is 26.1. The summed E-state index contributed by atoms with van der Waals surface area (Å²) < 4.78 is 13.4. The Morgan fingerprint density at radius 2 is 1.59 bits per heavy atom. The average Bonchev–Trinajstić information content (AvgIpc) is 3.38. The van der Waals surface area contributed by atoms with Crippen molar-refractivity contribution in [3.63, 3.8) is 0 Å². The van der Waals surface area contributed by atoms with Crippen molar-refractivity contribution < 1.29 is 13.9 Å². The van der Waals surface area contributed by atoms with Gasteiger partial charge in [0, 0.05) is 44.7 Å². The predicted octanol–water partition coefficient (Wildman–Crippen LogP) is 5.62. The van der Waals surface area contributed by atoms with Crippen LogP contribution >= 0.6 is 11.8 Å².